The van der Waals surface area contributed by atoms with Crippen LogP contribution in [0, 0.1) is 6.92 Å². The fraction of sp³-hybridized carbons (Fsp3) is 0.0526. The molecule has 0 atom stereocenters. The maximum absolute atomic E-state index is 12.4. The molecule has 0 bridgehead atoms. The van der Waals surface area contributed by atoms with Gasteiger partial charge in [0.25, 0.3) is 0 Å². The summed E-state index contributed by atoms with van der Waals surface area (Å²) >= 11 is 8.32. The number of nitrogens with zero attached hydrogens (tertiary/aromatic N) is 1. The molecule has 4 nitrogen and oxygen atoms in total. The highest BCUT2D eigenvalue weighted by Crippen LogP contribution is 2.31. The molecule has 0 radical (unpaired) electrons. The van der Waals surface area contributed by atoms with Crippen LogP contribution in [0.1, 0.15) is 5.56 Å². The van der Waals surface area contributed by atoms with Crippen molar-refractivity contribution in [2.75, 3.05) is 5.32 Å². The second-order valence-electron chi connectivity index (χ2n) is 5.78. The molecule has 130 valence electrons. The van der Waals surface area contributed by atoms with Crippen LogP contribution in [0.5, 0.6) is 0 Å². The highest BCUT2D eigenvalue weighted by Gasteiger charge is 2.13. The van der Waals surface area contributed by atoms with Gasteiger partial charge in [-0.2, -0.15) is 0 Å². The molecule has 2 aromatic heterocycles. The lowest BCUT2D eigenvalue weighted by atomic mass is 10.1. The Balaban J connectivity index is 1.72. The van der Waals surface area contributed by atoms with Gasteiger partial charge in [-0.3, -0.25) is 0 Å². The van der Waals surface area contributed by atoms with Gasteiger partial charge in [0.05, 0.1) is 15.7 Å². The Hall–Kier alpha value is -1.96. The average Bonchev–Trinajstić information content (AvgIpc) is 3.05. The van der Waals surface area contributed by atoms with E-state index in [1.165, 1.54) is 16.9 Å². The van der Waals surface area contributed by atoms with Crippen molar-refractivity contribution in [1.82, 2.24) is 4.98 Å². The van der Waals surface area contributed by atoms with Gasteiger partial charge in [0.1, 0.15) is 0 Å². The summed E-state index contributed by atoms with van der Waals surface area (Å²) in [7, 11) is 0. The molecule has 2 aromatic carbocycles. The lowest BCUT2D eigenvalue weighted by molar-refractivity contribution is 0.561. The van der Waals surface area contributed by atoms with Gasteiger partial charge < -0.3 is 9.73 Å². The summed E-state index contributed by atoms with van der Waals surface area (Å²) in [4.78, 5) is 17.0. The number of anilines is 2. The Morgan fingerprint density at radius 1 is 1.12 bits per heavy atom. The first-order valence-corrected chi connectivity index (χ1v) is 10.2. The first-order valence-electron chi connectivity index (χ1n) is 7.72. The topological polar surface area (TPSA) is 55.1 Å². The van der Waals surface area contributed by atoms with E-state index < -0.39 is 5.63 Å². The monoisotopic (exact) mass is 490 g/mol. The zero-order valence-electron chi connectivity index (χ0n) is 13.5. The number of rotatable bonds is 3. The van der Waals surface area contributed by atoms with Crippen LogP contribution in [0.15, 0.2) is 66.0 Å². The fourth-order valence-corrected chi connectivity index (χ4v) is 4.62. The summed E-state index contributed by atoms with van der Waals surface area (Å²) in [5, 5.41) is 6.65. The number of thiazole rings is 1. The first-order chi connectivity index (χ1) is 12.5. The maximum Gasteiger partial charge on any atom is 0.345 e. The van der Waals surface area contributed by atoms with E-state index in [4.69, 9.17) is 4.42 Å². The summed E-state index contributed by atoms with van der Waals surface area (Å²) < 4.78 is 7.12. The van der Waals surface area contributed by atoms with E-state index in [0.29, 0.717) is 16.8 Å². The molecule has 0 saturated heterocycles. The van der Waals surface area contributed by atoms with Crippen LogP contribution in [0.3, 0.4) is 0 Å². The Labute approximate surface area is 170 Å². The number of halogens is 2. The number of nitrogens with one attached hydrogen (secondary N) is 1. The van der Waals surface area contributed by atoms with Crippen molar-refractivity contribution in [1.29, 1.82) is 0 Å². The van der Waals surface area contributed by atoms with Crippen molar-refractivity contribution in [2.24, 2.45) is 0 Å². The third-order valence-corrected chi connectivity index (χ3v) is 5.64. The van der Waals surface area contributed by atoms with Gasteiger partial charge in [-0.1, -0.05) is 33.6 Å². The van der Waals surface area contributed by atoms with Gasteiger partial charge in [-0.05, 0) is 53.2 Å². The van der Waals surface area contributed by atoms with Crippen molar-refractivity contribution in [2.45, 2.75) is 6.92 Å². The minimum absolute atomic E-state index is 0.410. The molecule has 0 aliphatic rings. The second-order valence-corrected chi connectivity index (χ2v) is 8.41. The highest BCUT2D eigenvalue weighted by atomic mass is 79.9. The predicted octanol–water partition coefficient (Wildman–Crippen LogP) is 6.49. The Morgan fingerprint density at radius 3 is 2.65 bits per heavy atom. The van der Waals surface area contributed by atoms with Gasteiger partial charge in [0.2, 0.25) is 0 Å². The number of fused-ring (bicyclic) bond motifs is 1. The van der Waals surface area contributed by atoms with Crippen LogP contribution in [-0.4, -0.2) is 4.98 Å². The maximum atomic E-state index is 12.4. The molecular weight excluding hydrogens is 480 g/mol. The molecule has 0 aliphatic heterocycles. The molecule has 26 heavy (non-hydrogen) atoms. The Bertz CT molecular complexity index is 1170. The largest absolute Gasteiger partial charge is 0.421 e. The molecule has 4 aromatic rings. The van der Waals surface area contributed by atoms with Crippen LogP contribution in [0.25, 0.3) is 22.2 Å². The minimum Gasteiger partial charge on any atom is -0.421 e. The number of aromatic nitrogens is 1. The summed E-state index contributed by atoms with van der Waals surface area (Å²) in [5.41, 5.74) is 3.30. The van der Waals surface area contributed by atoms with Crippen LogP contribution < -0.4 is 10.9 Å². The zero-order valence-corrected chi connectivity index (χ0v) is 17.5. The molecule has 7 heteroatoms. The molecule has 0 spiro atoms. The van der Waals surface area contributed by atoms with E-state index in [-0.39, 0.29) is 0 Å². The van der Waals surface area contributed by atoms with E-state index in [0.717, 1.165) is 25.2 Å². The van der Waals surface area contributed by atoms with Crippen LogP contribution in [-0.2, 0) is 0 Å². The third kappa shape index (κ3) is 3.47. The zero-order chi connectivity index (χ0) is 18.3. The van der Waals surface area contributed by atoms with E-state index in [1.54, 1.807) is 6.07 Å². The van der Waals surface area contributed by atoms with Crippen molar-refractivity contribution in [3.05, 3.63) is 72.8 Å². The van der Waals surface area contributed by atoms with E-state index >= 15 is 0 Å². The molecule has 0 saturated carbocycles. The second kappa shape index (κ2) is 6.98. The van der Waals surface area contributed by atoms with Gasteiger partial charge in [0, 0.05) is 20.9 Å². The van der Waals surface area contributed by atoms with Crippen molar-refractivity contribution in [3.63, 3.8) is 0 Å². The molecule has 2 heterocycles. The lowest BCUT2D eigenvalue weighted by Crippen LogP contribution is -2.03. The fourth-order valence-electron chi connectivity index (χ4n) is 2.55. The standard InChI is InChI=1S/C19H12Br2N2O2S/c1-10-2-4-13(5-3-10)22-19-23-16(9-26-19)14-7-11-6-12(20)8-15(21)17(11)25-18(14)24/h2-9H,1H3,(H,22,23). The van der Waals surface area contributed by atoms with E-state index in [2.05, 4.69) is 42.2 Å². The Morgan fingerprint density at radius 2 is 1.88 bits per heavy atom. The predicted molar refractivity (Wildman–Crippen MR) is 113 cm³/mol. The normalized spacial score (nSPS) is 11.0. The number of hydrogen-bond acceptors (Lipinski definition) is 5. The summed E-state index contributed by atoms with van der Waals surface area (Å²) in [6.07, 6.45) is 0. The molecule has 0 unspecified atom stereocenters. The minimum atomic E-state index is -0.410. The highest BCUT2D eigenvalue weighted by molar-refractivity contribution is 9.11. The third-order valence-electron chi connectivity index (χ3n) is 3.83. The van der Waals surface area contributed by atoms with Gasteiger partial charge in [-0.25, -0.2) is 9.78 Å². The first kappa shape index (κ1) is 17.5. The number of hydrogen-bond donors (Lipinski definition) is 1. The summed E-state index contributed by atoms with van der Waals surface area (Å²) in [6.45, 7) is 2.04. The molecule has 1 N–H and O–H groups in total. The van der Waals surface area contributed by atoms with Crippen LogP contribution in [0.2, 0.25) is 0 Å². The summed E-state index contributed by atoms with van der Waals surface area (Å²) in [6, 6.07) is 13.6. The van der Waals surface area contributed by atoms with Crippen molar-refractivity contribution < 1.29 is 4.42 Å². The molecule has 0 fully saturated rings. The van der Waals surface area contributed by atoms with Crippen LogP contribution in [0.4, 0.5) is 10.8 Å². The smallest absolute Gasteiger partial charge is 0.345 e. The van der Waals surface area contributed by atoms with E-state index in [9.17, 15) is 4.79 Å². The van der Waals surface area contributed by atoms with Crippen molar-refractivity contribution >= 4 is 65.0 Å². The van der Waals surface area contributed by atoms with Crippen molar-refractivity contribution in [3.8, 4) is 11.3 Å². The molecule has 0 aliphatic carbocycles. The summed E-state index contributed by atoms with van der Waals surface area (Å²) in [5.74, 6) is 0. The molecule has 0 amide bonds. The van der Waals surface area contributed by atoms with Gasteiger partial charge in [-0.15, -0.1) is 11.3 Å². The van der Waals surface area contributed by atoms with Gasteiger partial charge in [0.15, 0.2) is 10.7 Å². The number of benzene rings is 2. The van der Waals surface area contributed by atoms with E-state index in [1.807, 2.05) is 48.7 Å². The average molecular weight is 492 g/mol. The SMILES string of the molecule is Cc1ccc(Nc2nc(-c3cc4cc(Br)cc(Br)c4oc3=O)cs2)cc1. The quantitative estimate of drug-likeness (QED) is 0.332. The Kier molecular flexibility index (Phi) is 4.69. The molecule has 4 rings (SSSR count). The lowest BCUT2D eigenvalue weighted by Gasteiger charge is -2.03. The van der Waals surface area contributed by atoms with Crippen LogP contribution >= 0.6 is 43.2 Å². The molecular formula is C19H12Br2N2O2S. The van der Waals surface area contributed by atoms with Gasteiger partial charge >= 0.3 is 5.63 Å². The number of aryl methyl sites for hydroxylation is 1.